The molecule has 140 valence electrons. The van der Waals surface area contributed by atoms with Gasteiger partial charge in [0.05, 0.1) is 18.9 Å². The average Bonchev–Trinajstić information content (AvgIpc) is 3.38. The van der Waals surface area contributed by atoms with E-state index in [1.807, 2.05) is 4.90 Å². The van der Waals surface area contributed by atoms with Crippen molar-refractivity contribution < 1.29 is 14.3 Å². The molecule has 5 rings (SSSR count). The Balaban J connectivity index is 1.30. The molecule has 0 radical (unpaired) electrons. The number of anilines is 2. The van der Waals surface area contributed by atoms with Crippen molar-refractivity contribution in [3.05, 3.63) is 35.7 Å². The summed E-state index contributed by atoms with van der Waals surface area (Å²) in [4.78, 5) is 25.4. The molecular formula is C19H21N5O3. The maximum atomic E-state index is 12.9. The van der Waals surface area contributed by atoms with E-state index in [1.54, 1.807) is 18.5 Å². The Kier molecular flexibility index (Phi) is 3.95. The molecule has 4 heterocycles. The number of carbonyl (C=O) groups is 1. The fraction of sp³-hybridized carbons (Fsp3) is 0.421. The third-order valence-electron chi connectivity index (χ3n) is 5.28. The van der Waals surface area contributed by atoms with Gasteiger partial charge in [0.15, 0.2) is 0 Å². The minimum absolute atomic E-state index is 0.0957. The number of benzene rings is 1. The van der Waals surface area contributed by atoms with Gasteiger partial charge in [-0.15, -0.1) is 0 Å². The van der Waals surface area contributed by atoms with E-state index in [-0.39, 0.29) is 6.03 Å². The van der Waals surface area contributed by atoms with Crippen molar-refractivity contribution in [2.45, 2.75) is 12.8 Å². The number of nitrogens with zero attached hydrogens (tertiary/aromatic N) is 4. The smallest absolute Gasteiger partial charge is 0.322 e. The third-order valence-corrected chi connectivity index (χ3v) is 5.28. The highest BCUT2D eigenvalue weighted by Crippen LogP contribution is 2.44. The van der Waals surface area contributed by atoms with E-state index in [1.165, 1.54) is 0 Å². The van der Waals surface area contributed by atoms with Gasteiger partial charge in [-0.3, -0.25) is 0 Å². The first-order valence-electron chi connectivity index (χ1n) is 9.32. The van der Waals surface area contributed by atoms with Gasteiger partial charge in [0.25, 0.3) is 0 Å². The van der Waals surface area contributed by atoms with Crippen molar-refractivity contribution in [2.24, 2.45) is 0 Å². The zero-order valence-corrected chi connectivity index (χ0v) is 15.0. The molecule has 1 fully saturated rings. The lowest BCUT2D eigenvalue weighted by Gasteiger charge is -2.34. The Morgan fingerprint density at radius 2 is 1.81 bits per heavy atom. The molecule has 0 saturated carbocycles. The minimum Gasteiger partial charge on any atom is -0.493 e. The molecule has 0 bridgehead atoms. The van der Waals surface area contributed by atoms with E-state index in [0.717, 1.165) is 41.2 Å². The predicted molar refractivity (Wildman–Crippen MR) is 99.7 cm³/mol. The highest BCUT2D eigenvalue weighted by molar-refractivity contribution is 5.93. The summed E-state index contributed by atoms with van der Waals surface area (Å²) in [6.07, 6.45) is 5.12. The Labute approximate surface area is 157 Å². The molecule has 8 heteroatoms. The summed E-state index contributed by atoms with van der Waals surface area (Å²) in [6.45, 7) is 3.97. The monoisotopic (exact) mass is 367 g/mol. The molecule has 0 spiro atoms. The van der Waals surface area contributed by atoms with E-state index in [4.69, 9.17) is 9.47 Å². The maximum Gasteiger partial charge on any atom is 0.322 e. The lowest BCUT2D eigenvalue weighted by Crippen LogP contribution is -2.50. The van der Waals surface area contributed by atoms with Crippen LogP contribution >= 0.6 is 0 Å². The Hall–Kier alpha value is -3.03. The zero-order chi connectivity index (χ0) is 18.2. The first-order chi connectivity index (χ1) is 13.3. The van der Waals surface area contributed by atoms with Crippen molar-refractivity contribution >= 4 is 17.7 Å². The number of fused-ring (bicyclic) bond motifs is 2. The SMILES string of the molecule is O=C(Nc1c2c(cc3c1OCC3)OCC2)N1CCN(c2ncccn2)CC1. The van der Waals surface area contributed by atoms with Gasteiger partial charge in [-0.1, -0.05) is 0 Å². The lowest BCUT2D eigenvalue weighted by atomic mass is 10.0. The molecule has 3 aliphatic heterocycles. The van der Waals surface area contributed by atoms with E-state index >= 15 is 0 Å². The van der Waals surface area contributed by atoms with Gasteiger partial charge in [0.1, 0.15) is 11.5 Å². The van der Waals surface area contributed by atoms with Gasteiger partial charge in [-0.2, -0.15) is 0 Å². The van der Waals surface area contributed by atoms with E-state index in [2.05, 4.69) is 26.3 Å². The molecule has 2 aromatic rings. The quantitative estimate of drug-likeness (QED) is 0.870. The summed E-state index contributed by atoms with van der Waals surface area (Å²) in [5, 5.41) is 3.10. The van der Waals surface area contributed by atoms with Crippen LogP contribution in [-0.2, 0) is 12.8 Å². The molecule has 8 nitrogen and oxygen atoms in total. The molecule has 1 aromatic carbocycles. The molecule has 0 unspecified atom stereocenters. The number of urea groups is 1. The van der Waals surface area contributed by atoms with Crippen molar-refractivity contribution in [1.29, 1.82) is 0 Å². The van der Waals surface area contributed by atoms with Crippen molar-refractivity contribution in [2.75, 3.05) is 49.6 Å². The molecule has 0 aliphatic carbocycles. The van der Waals surface area contributed by atoms with E-state index in [9.17, 15) is 4.79 Å². The van der Waals surface area contributed by atoms with Crippen LogP contribution in [0.1, 0.15) is 11.1 Å². The summed E-state index contributed by atoms with van der Waals surface area (Å²) < 4.78 is 11.5. The summed E-state index contributed by atoms with van der Waals surface area (Å²) in [7, 11) is 0. The number of rotatable bonds is 2. The number of amides is 2. The highest BCUT2D eigenvalue weighted by atomic mass is 16.5. The van der Waals surface area contributed by atoms with Crippen LogP contribution in [0.5, 0.6) is 11.5 Å². The van der Waals surface area contributed by atoms with Gasteiger partial charge in [0, 0.05) is 62.5 Å². The van der Waals surface area contributed by atoms with Gasteiger partial charge in [-0.05, 0) is 12.1 Å². The van der Waals surface area contributed by atoms with Crippen LogP contribution in [0, 0.1) is 0 Å². The fourth-order valence-corrected chi connectivity index (χ4v) is 3.87. The standard InChI is InChI=1S/C19H21N5O3/c25-19(24-8-6-23(7-9-24)18-20-4-1-5-21-18)22-16-14-3-11-26-15(14)12-13-2-10-27-17(13)16/h1,4-5,12H,2-3,6-11H2,(H,22,25). The topological polar surface area (TPSA) is 79.8 Å². The van der Waals surface area contributed by atoms with Crippen molar-refractivity contribution in [1.82, 2.24) is 14.9 Å². The van der Waals surface area contributed by atoms with Crippen LogP contribution in [0.4, 0.5) is 16.4 Å². The summed E-state index contributed by atoms with van der Waals surface area (Å²) in [5.74, 6) is 2.39. The van der Waals surface area contributed by atoms with Crippen LogP contribution in [-0.4, -0.2) is 60.3 Å². The number of hydrogen-bond donors (Lipinski definition) is 1. The van der Waals surface area contributed by atoms with Crippen molar-refractivity contribution in [3.63, 3.8) is 0 Å². The number of nitrogens with one attached hydrogen (secondary N) is 1. The number of ether oxygens (including phenoxy) is 2. The van der Waals surface area contributed by atoms with Crippen LogP contribution in [0.25, 0.3) is 0 Å². The van der Waals surface area contributed by atoms with Crippen LogP contribution < -0.4 is 19.7 Å². The number of aromatic nitrogens is 2. The predicted octanol–water partition coefficient (Wildman–Crippen LogP) is 1.70. The number of hydrogen-bond acceptors (Lipinski definition) is 6. The maximum absolute atomic E-state index is 12.9. The van der Waals surface area contributed by atoms with E-state index < -0.39 is 0 Å². The largest absolute Gasteiger partial charge is 0.493 e. The first-order valence-corrected chi connectivity index (χ1v) is 9.32. The van der Waals surface area contributed by atoms with Gasteiger partial charge in [-0.25, -0.2) is 14.8 Å². The molecule has 27 heavy (non-hydrogen) atoms. The van der Waals surface area contributed by atoms with Crippen LogP contribution in [0.2, 0.25) is 0 Å². The Bertz CT molecular complexity index is 833. The summed E-state index contributed by atoms with van der Waals surface area (Å²) >= 11 is 0. The molecule has 1 saturated heterocycles. The van der Waals surface area contributed by atoms with Gasteiger partial charge < -0.3 is 24.6 Å². The zero-order valence-electron chi connectivity index (χ0n) is 15.0. The second-order valence-corrected chi connectivity index (χ2v) is 6.87. The normalized spacial score (nSPS) is 17.8. The molecular weight excluding hydrogens is 346 g/mol. The minimum atomic E-state index is -0.0957. The number of carbonyl (C=O) groups excluding carboxylic acids is 1. The molecule has 0 atom stereocenters. The summed E-state index contributed by atoms with van der Waals surface area (Å²) in [5.41, 5.74) is 2.94. The summed E-state index contributed by atoms with van der Waals surface area (Å²) in [6, 6.07) is 3.76. The highest BCUT2D eigenvalue weighted by Gasteiger charge is 2.29. The van der Waals surface area contributed by atoms with Crippen LogP contribution in [0.15, 0.2) is 24.5 Å². The van der Waals surface area contributed by atoms with Gasteiger partial charge >= 0.3 is 6.03 Å². The second-order valence-electron chi connectivity index (χ2n) is 6.87. The lowest BCUT2D eigenvalue weighted by molar-refractivity contribution is 0.207. The van der Waals surface area contributed by atoms with E-state index in [0.29, 0.717) is 45.3 Å². The molecule has 1 aromatic heterocycles. The first kappa shape index (κ1) is 16.2. The molecule has 3 aliphatic rings. The fourth-order valence-electron chi connectivity index (χ4n) is 3.87. The van der Waals surface area contributed by atoms with Gasteiger partial charge in [0.2, 0.25) is 5.95 Å². The Morgan fingerprint density at radius 1 is 1.04 bits per heavy atom. The Morgan fingerprint density at radius 3 is 2.63 bits per heavy atom. The number of piperazine rings is 1. The average molecular weight is 367 g/mol. The molecule has 1 N–H and O–H groups in total. The second kappa shape index (κ2) is 6.61. The van der Waals surface area contributed by atoms with Crippen LogP contribution in [0.3, 0.4) is 0 Å². The third kappa shape index (κ3) is 2.90. The molecule has 2 amide bonds. The van der Waals surface area contributed by atoms with Crippen molar-refractivity contribution in [3.8, 4) is 11.5 Å².